The highest BCUT2D eigenvalue weighted by Crippen LogP contribution is 2.41. The highest BCUT2D eigenvalue weighted by Gasteiger charge is 2.28. The third-order valence-corrected chi connectivity index (χ3v) is 7.10. The molecule has 1 aliphatic carbocycles. The number of halogens is 1. The lowest BCUT2D eigenvalue weighted by molar-refractivity contribution is -0.660. The molecule has 0 atom stereocenters. The minimum Gasteiger partial charge on any atom is -0.455 e. The molecule has 0 aliphatic heterocycles. The van der Waals surface area contributed by atoms with E-state index in [1.807, 2.05) is 31.4 Å². The Bertz CT molecular complexity index is 1570. The third kappa shape index (κ3) is 3.18. The predicted molar refractivity (Wildman–Crippen MR) is 132 cm³/mol. The zero-order valence-corrected chi connectivity index (χ0v) is 19.5. The van der Waals surface area contributed by atoms with E-state index >= 15 is 4.39 Å². The number of hydrogen-bond acceptors (Lipinski definition) is 1. The van der Waals surface area contributed by atoms with Gasteiger partial charge in [-0.3, -0.25) is 0 Å². The fraction of sp³-hybridized carbons (Fsp3) is 0.233. The normalized spacial score (nSPS) is 14.8. The quantitative estimate of drug-likeness (QED) is 0.265. The Morgan fingerprint density at radius 1 is 0.909 bits per heavy atom. The highest BCUT2D eigenvalue weighted by molar-refractivity contribution is 6.10. The first kappa shape index (κ1) is 20.2. The van der Waals surface area contributed by atoms with Crippen LogP contribution in [-0.2, 0) is 19.9 Å². The maximum atomic E-state index is 15.3. The first-order valence-corrected chi connectivity index (χ1v) is 11.5. The monoisotopic (exact) mass is 436 g/mol. The lowest BCUT2D eigenvalue weighted by Gasteiger charge is -2.14. The molecule has 0 spiro atoms. The van der Waals surface area contributed by atoms with Crippen LogP contribution in [-0.4, -0.2) is 0 Å². The van der Waals surface area contributed by atoms with E-state index in [1.165, 1.54) is 11.1 Å². The molecule has 6 rings (SSSR count). The van der Waals surface area contributed by atoms with Crippen molar-refractivity contribution in [3.63, 3.8) is 0 Å². The molecule has 3 aromatic carbocycles. The van der Waals surface area contributed by atoms with Gasteiger partial charge in [-0.05, 0) is 59.6 Å². The molecule has 3 heteroatoms. The van der Waals surface area contributed by atoms with Crippen molar-refractivity contribution in [2.75, 3.05) is 0 Å². The summed E-state index contributed by atoms with van der Waals surface area (Å²) in [5.41, 5.74) is 9.19. The molecule has 1 aliphatic rings. The summed E-state index contributed by atoms with van der Waals surface area (Å²) in [5, 5.41) is 1.96. The minimum atomic E-state index is -0.248. The number of fused-ring (bicyclic) bond motifs is 4. The topological polar surface area (TPSA) is 17.0 Å². The third-order valence-electron chi connectivity index (χ3n) is 7.10. The van der Waals surface area contributed by atoms with Crippen LogP contribution in [0.1, 0.15) is 30.5 Å². The molecule has 2 nitrogen and oxygen atoms in total. The summed E-state index contributed by atoms with van der Waals surface area (Å²) >= 11 is 0. The predicted octanol–water partition coefficient (Wildman–Crippen LogP) is 7.32. The Labute approximate surface area is 193 Å². The number of hydrogen-bond donors (Lipinski definition) is 0. The molecule has 2 aromatic heterocycles. The summed E-state index contributed by atoms with van der Waals surface area (Å²) < 4.78 is 23.7. The second kappa shape index (κ2) is 7.02. The Morgan fingerprint density at radius 3 is 2.55 bits per heavy atom. The van der Waals surface area contributed by atoms with Crippen molar-refractivity contribution < 1.29 is 13.4 Å². The SMILES string of the molecule is Cc1ccc2c(oc3cc(F)c(-c4ccc5c(c4)CC(C)(C)C5)cc32)c1-c1cccc[n+]1C. The van der Waals surface area contributed by atoms with Crippen LogP contribution < -0.4 is 4.57 Å². The molecule has 0 fully saturated rings. The van der Waals surface area contributed by atoms with Crippen LogP contribution in [0.4, 0.5) is 4.39 Å². The fourth-order valence-corrected chi connectivity index (χ4v) is 5.51. The van der Waals surface area contributed by atoms with Crippen molar-refractivity contribution in [3.05, 3.63) is 89.4 Å². The van der Waals surface area contributed by atoms with E-state index in [0.29, 0.717) is 11.1 Å². The fourth-order valence-electron chi connectivity index (χ4n) is 5.51. The van der Waals surface area contributed by atoms with E-state index in [1.54, 1.807) is 6.07 Å². The lowest BCUT2D eigenvalue weighted by Crippen LogP contribution is -2.30. The Hall–Kier alpha value is -3.46. The molecule has 0 saturated heterocycles. The number of nitrogens with zero attached hydrogens (tertiary/aromatic N) is 1. The van der Waals surface area contributed by atoms with Gasteiger partial charge in [-0.15, -0.1) is 0 Å². The molecule has 2 heterocycles. The smallest absolute Gasteiger partial charge is 0.216 e. The first-order valence-electron chi connectivity index (χ1n) is 11.5. The van der Waals surface area contributed by atoms with Crippen molar-refractivity contribution in [1.82, 2.24) is 0 Å². The van der Waals surface area contributed by atoms with Crippen LogP contribution >= 0.6 is 0 Å². The standard InChI is InChI=1S/C30H27FNO/c1-18-8-11-22-24-14-23(19-9-10-20-16-30(2,3)17-21(20)13-19)25(31)15-27(24)33-29(22)28(18)26-7-5-6-12-32(26)4/h5-15H,16-17H2,1-4H3/q+1. The van der Waals surface area contributed by atoms with E-state index < -0.39 is 0 Å². The molecule has 5 aromatic rings. The molecule has 33 heavy (non-hydrogen) atoms. The van der Waals surface area contributed by atoms with Crippen molar-refractivity contribution in [1.29, 1.82) is 0 Å². The van der Waals surface area contributed by atoms with E-state index in [-0.39, 0.29) is 11.2 Å². The van der Waals surface area contributed by atoms with Gasteiger partial charge in [-0.2, -0.15) is 0 Å². The zero-order valence-electron chi connectivity index (χ0n) is 19.5. The van der Waals surface area contributed by atoms with Crippen molar-refractivity contribution >= 4 is 21.9 Å². The zero-order chi connectivity index (χ0) is 22.9. The van der Waals surface area contributed by atoms with E-state index in [2.05, 4.69) is 61.7 Å². The second-order valence-corrected chi connectivity index (χ2v) is 10.3. The summed E-state index contributed by atoms with van der Waals surface area (Å²) in [4.78, 5) is 0. The molecule has 0 bridgehead atoms. The summed E-state index contributed by atoms with van der Waals surface area (Å²) in [7, 11) is 2.03. The van der Waals surface area contributed by atoms with Gasteiger partial charge in [-0.25, -0.2) is 8.96 Å². The van der Waals surface area contributed by atoms with Crippen molar-refractivity contribution in [2.24, 2.45) is 12.5 Å². The van der Waals surface area contributed by atoms with E-state index in [0.717, 1.165) is 51.6 Å². The Balaban J connectivity index is 1.57. The molecule has 0 radical (unpaired) electrons. The number of benzene rings is 3. The average Bonchev–Trinajstić information content (AvgIpc) is 3.28. The summed E-state index contributed by atoms with van der Waals surface area (Å²) in [6, 6.07) is 20.3. The van der Waals surface area contributed by atoms with Gasteiger partial charge in [0.25, 0.3) is 0 Å². The van der Waals surface area contributed by atoms with Crippen LogP contribution in [0.25, 0.3) is 44.3 Å². The molecule has 164 valence electrons. The summed E-state index contributed by atoms with van der Waals surface area (Å²) in [6.45, 7) is 6.68. The van der Waals surface area contributed by atoms with E-state index in [4.69, 9.17) is 4.42 Å². The summed E-state index contributed by atoms with van der Waals surface area (Å²) in [6.07, 6.45) is 4.14. The highest BCUT2D eigenvalue weighted by atomic mass is 19.1. The number of aromatic nitrogens is 1. The molecule has 0 amide bonds. The van der Waals surface area contributed by atoms with Gasteiger partial charge in [0.2, 0.25) is 5.69 Å². The molecule has 0 N–H and O–H groups in total. The number of rotatable bonds is 2. The number of furan rings is 1. The van der Waals surface area contributed by atoms with Gasteiger partial charge in [0, 0.05) is 34.5 Å². The summed E-state index contributed by atoms with van der Waals surface area (Å²) in [5.74, 6) is -0.248. The average molecular weight is 437 g/mol. The molecular weight excluding hydrogens is 409 g/mol. The Morgan fingerprint density at radius 2 is 1.73 bits per heavy atom. The molecule has 0 unspecified atom stereocenters. The number of aryl methyl sites for hydroxylation is 2. The van der Waals surface area contributed by atoms with Gasteiger partial charge >= 0.3 is 0 Å². The van der Waals surface area contributed by atoms with Crippen LogP contribution in [0.3, 0.4) is 0 Å². The maximum Gasteiger partial charge on any atom is 0.216 e. The second-order valence-electron chi connectivity index (χ2n) is 10.3. The first-order chi connectivity index (χ1) is 15.8. The van der Waals surface area contributed by atoms with Crippen molar-refractivity contribution in [3.8, 4) is 22.4 Å². The molecular formula is C30H27FNO+. The number of pyridine rings is 1. The van der Waals surface area contributed by atoms with Crippen LogP contribution in [0.5, 0.6) is 0 Å². The van der Waals surface area contributed by atoms with Gasteiger partial charge in [0.1, 0.15) is 24.0 Å². The van der Waals surface area contributed by atoms with Crippen molar-refractivity contribution in [2.45, 2.75) is 33.6 Å². The van der Waals surface area contributed by atoms with Gasteiger partial charge in [0.05, 0.1) is 5.56 Å². The van der Waals surface area contributed by atoms with Crippen LogP contribution in [0.2, 0.25) is 0 Å². The molecule has 0 saturated carbocycles. The van der Waals surface area contributed by atoms with Gasteiger partial charge in [-0.1, -0.05) is 44.2 Å². The van der Waals surface area contributed by atoms with Gasteiger partial charge in [0.15, 0.2) is 6.20 Å². The lowest BCUT2D eigenvalue weighted by atomic mass is 9.90. The van der Waals surface area contributed by atoms with Gasteiger partial charge < -0.3 is 4.42 Å². The largest absolute Gasteiger partial charge is 0.455 e. The van der Waals surface area contributed by atoms with E-state index in [9.17, 15) is 0 Å². The minimum absolute atomic E-state index is 0.248. The Kier molecular flexibility index (Phi) is 4.29. The van der Waals surface area contributed by atoms with Crippen LogP contribution in [0.15, 0.2) is 71.3 Å². The maximum absolute atomic E-state index is 15.3. The van der Waals surface area contributed by atoms with Crippen LogP contribution in [0, 0.1) is 18.2 Å².